The number of anilines is 2. The first kappa shape index (κ1) is 24.6. The quantitative estimate of drug-likeness (QED) is 0.197. The van der Waals surface area contributed by atoms with Gasteiger partial charge in [-0.2, -0.15) is 0 Å². The van der Waals surface area contributed by atoms with Gasteiger partial charge in [-0.25, -0.2) is 14.3 Å². The molecule has 0 amide bonds. The molecule has 0 aliphatic carbocycles. The van der Waals surface area contributed by atoms with Crippen LogP contribution < -0.4 is 21.6 Å². The van der Waals surface area contributed by atoms with Crippen molar-refractivity contribution in [2.75, 3.05) is 18.1 Å². The highest BCUT2D eigenvalue weighted by Gasteiger charge is 2.19. The summed E-state index contributed by atoms with van der Waals surface area (Å²) >= 11 is 5.95. The highest BCUT2D eigenvalue weighted by molar-refractivity contribution is 7.82. The minimum absolute atomic E-state index is 0.135. The van der Waals surface area contributed by atoms with Crippen LogP contribution in [0.25, 0.3) is 22.3 Å². The fourth-order valence-electron chi connectivity index (χ4n) is 3.87. The molecule has 0 spiro atoms. The number of fused-ring (bicyclic) bond motifs is 1. The van der Waals surface area contributed by atoms with Crippen LogP contribution in [0, 0.1) is 6.92 Å². The van der Waals surface area contributed by atoms with Gasteiger partial charge in [-0.1, -0.05) is 17.7 Å². The number of halogens is 1. The molecule has 0 aliphatic heterocycles. The Morgan fingerprint density at radius 2 is 1.97 bits per heavy atom. The molecule has 2 aromatic heterocycles. The van der Waals surface area contributed by atoms with Gasteiger partial charge in [-0.15, -0.1) is 0 Å². The van der Waals surface area contributed by atoms with Gasteiger partial charge >= 0.3 is 0 Å². The first-order valence-corrected chi connectivity index (χ1v) is 12.3. The monoisotopic (exact) mass is 509 g/mol. The van der Waals surface area contributed by atoms with Crippen molar-refractivity contribution in [1.82, 2.24) is 4.98 Å². The number of rotatable bonds is 6. The first-order chi connectivity index (χ1) is 16.7. The first-order valence-electron chi connectivity index (χ1n) is 10.7. The van der Waals surface area contributed by atoms with Crippen LogP contribution in [0.1, 0.15) is 29.7 Å². The molecule has 0 saturated carbocycles. The number of nitrogens with zero attached hydrogens (tertiary/aromatic N) is 2. The normalized spacial score (nSPS) is 13.3. The maximum absolute atomic E-state index is 13.1. The molecule has 2 heterocycles. The Bertz CT molecular complexity index is 1550. The van der Waals surface area contributed by atoms with Gasteiger partial charge in [0.15, 0.2) is 10.5 Å². The lowest BCUT2D eigenvalue weighted by Crippen LogP contribution is -2.14. The van der Waals surface area contributed by atoms with Crippen LogP contribution in [0.4, 0.5) is 11.4 Å². The standard InChI is InChI=1S/C25H24ClN5O3S/c1-13-8-17(14(2)30-20-6-7-23(26)31-25(20)35(28)33)24-18(9-13)21(32)11-22(34-24)15-4-5-19(27)16(10-15)12-29-3/h4-12,14,30H,27-28H2,1-3H3. The van der Waals surface area contributed by atoms with E-state index < -0.39 is 11.0 Å². The van der Waals surface area contributed by atoms with Gasteiger partial charge in [0.25, 0.3) is 0 Å². The van der Waals surface area contributed by atoms with Crippen molar-refractivity contribution in [3.63, 3.8) is 0 Å². The Kier molecular flexibility index (Phi) is 7.02. The number of nitrogens with two attached hydrogens (primary N) is 2. The Morgan fingerprint density at radius 1 is 1.20 bits per heavy atom. The van der Waals surface area contributed by atoms with E-state index in [9.17, 15) is 9.00 Å². The van der Waals surface area contributed by atoms with Crippen LogP contribution in [0.15, 0.2) is 67.8 Å². The molecule has 2 aromatic carbocycles. The number of benzene rings is 2. The van der Waals surface area contributed by atoms with Crippen molar-refractivity contribution in [3.8, 4) is 11.3 Å². The predicted octanol–water partition coefficient (Wildman–Crippen LogP) is 4.60. The molecule has 35 heavy (non-hydrogen) atoms. The zero-order valence-corrected chi connectivity index (χ0v) is 20.9. The zero-order chi connectivity index (χ0) is 25.3. The summed E-state index contributed by atoms with van der Waals surface area (Å²) in [5.41, 5.74) is 10.4. The third-order valence-corrected chi connectivity index (χ3v) is 6.40. The summed E-state index contributed by atoms with van der Waals surface area (Å²) in [5, 5.41) is 9.65. The Morgan fingerprint density at radius 3 is 2.69 bits per heavy atom. The van der Waals surface area contributed by atoms with Gasteiger partial charge in [0.2, 0.25) is 0 Å². The number of aliphatic imine (C=N–C) groups is 1. The van der Waals surface area contributed by atoms with E-state index in [1.807, 2.05) is 26.0 Å². The van der Waals surface area contributed by atoms with Gasteiger partial charge in [-0.05, 0) is 55.8 Å². The van der Waals surface area contributed by atoms with Crippen molar-refractivity contribution in [2.24, 2.45) is 10.1 Å². The molecule has 5 N–H and O–H groups in total. The second kappa shape index (κ2) is 9.99. The van der Waals surface area contributed by atoms with Gasteiger partial charge < -0.3 is 15.5 Å². The summed E-state index contributed by atoms with van der Waals surface area (Å²) in [5.74, 6) is 0.405. The largest absolute Gasteiger partial charge is 0.455 e. The summed E-state index contributed by atoms with van der Waals surface area (Å²) < 4.78 is 18.3. The van der Waals surface area contributed by atoms with E-state index in [2.05, 4.69) is 15.3 Å². The molecule has 0 saturated heterocycles. The highest BCUT2D eigenvalue weighted by Crippen LogP contribution is 2.32. The number of aryl methyl sites for hydroxylation is 1. The average molecular weight is 510 g/mol. The van der Waals surface area contributed by atoms with Crippen molar-refractivity contribution in [3.05, 3.63) is 80.6 Å². The molecule has 0 radical (unpaired) electrons. The van der Waals surface area contributed by atoms with Crippen molar-refractivity contribution in [1.29, 1.82) is 0 Å². The number of nitrogen functional groups attached to an aromatic ring is 1. The number of hydrogen-bond acceptors (Lipinski definition) is 7. The highest BCUT2D eigenvalue weighted by atomic mass is 35.5. The summed E-state index contributed by atoms with van der Waals surface area (Å²) in [7, 11) is -0.186. The molecule has 8 nitrogen and oxygen atoms in total. The zero-order valence-electron chi connectivity index (χ0n) is 19.3. The van der Waals surface area contributed by atoms with Crippen molar-refractivity contribution < 1.29 is 8.63 Å². The summed E-state index contributed by atoms with van der Waals surface area (Å²) in [6.07, 6.45) is 1.65. The number of pyridine rings is 1. The van der Waals surface area contributed by atoms with Crippen molar-refractivity contribution in [2.45, 2.75) is 24.9 Å². The van der Waals surface area contributed by atoms with Crippen LogP contribution in [0.3, 0.4) is 0 Å². The Labute approximate surface area is 209 Å². The van der Waals surface area contributed by atoms with Gasteiger partial charge in [-0.3, -0.25) is 9.79 Å². The second-order valence-electron chi connectivity index (χ2n) is 8.09. The maximum atomic E-state index is 13.1. The van der Waals surface area contributed by atoms with Gasteiger partial charge in [0.05, 0.1) is 17.1 Å². The van der Waals surface area contributed by atoms with Gasteiger partial charge in [0.1, 0.15) is 27.5 Å². The predicted molar refractivity (Wildman–Crippen MR) is 142 cm³/mol. The van der Waals surface area contributed by atoms with E-state index in [-0.39, 0.29) is 21.6 Å². The lowest BCUT2D eigenvalue weighted by molar-refractivity contribution is 0.610. The van der Waals surface area contributed by atoms with E-state index in [4.69, 9.17) is 26.9 Å². The van der Waals surface area contributed by atoms with Gasteiger partial charge in [0, 0.05) is 41.7 Å². The average Bonchev–Trinajstić information content (AvgIpc) is 2.81. The van der Waals surface area contributed by atoms with E-state index in [1.54, 1.807) is 43.6 Å². The van der Waals surface area contributed by atoms with Crippen LogP contribution in [0.2, 0.25) is 5.15 Å². The van der Waals surface area contributed by atoms with Crippen LogP contribution in [0.5, 0.6) is 0 Å². The SMILES string of the molecule is CN=Cc1cc(-c2cc(=O)c3cc(C)cc(C(C)Nc4ccc(Cl)nc4S(N)=O)c3o2)ccc1N. The molecule has 0 fully saturated rings. The summed E-state index contributed by atoms with van der Waals surface area (Å²) in [6.45, 7) is 3.81. The molecule has 10 heteroatoms. The fourth-order valence-corrected chi connectivity index (χ4v) is 4.60. The van der Waals surface area contributed by atoms with Crippen LogP contribution >= 0.6 is 11.6 Å². The van der Waals surface area contributed by atoms with Crippen LogP contribution in [-0.4, -0.2) is 22.5 Å². The van der Waals surface area contributed by atoms with Crippen molar-refractivity contribution >= 4 is 51.1 Å². The molecular weight excluding hydrogens is 486 g/mol. The van der Waals surface area contributed by atoms with Crippen LogP contribution in [-0.2, 0) is 11.0 Å². The Hall–Kier alpha value is -3.53. The van der Waals surface area contributed by atoms with E-state index in [0.717, 1.165) is 16.7 Å². The number of hydrogen-bond donors (Lipinski definition) is 3. The summed E-state index contributed by atoms with van der Waals surface area (Å²) in [4.78, 5) is 21.2. The molecule has 0 aliphatic rings. The Balaban J connectivity index is 1.85. The third kappa shape index (κ3) is 5.12. The van der Waals surface area contributed by atoms with E-state index >= 15 is 0 Å². The van der Waals surface area contributed by atoms with E-state index in [1.165, 1.54) is 6.07 Å². The maximum Gasteiger partial charge on any atom is 0.193 e. The minimum Gasteiger partial charge on any atom is -0.455 e. The third-order valence-electron chi connectivity index (χ3n) is 5.50. The fraction of sp³-hybridized carbons (Fsp3) is 0.160. The lowest BCUT2D eigenvalue weighted by Gasteiger charge is -2.19. The topological polar surface area (TPSA) is 137 Å². The number of aromatic nitrogens is 1. The number of nitrogens with one attached hydrogen (secondary N) is 1. The summed E-state index contributed by atoms with van der Waals surface area (Å²) in [6, 6.07) is 13.5. The molecular formula is C25H24ClN5O3S. The molecule has 4 aromatic rings. The molecule has 2 unspecified atom stereocenters. The smallest absolute Gasteiger partial charge is 0.193 e. The molecule has 4 rings (SSSR count). The second-order valence-corrected chi connectivity index (χ2v) is 9.46. The molecule has 180 valence electrons. The lowest BCUT2D eigenvalue weighted by atomic mass is 10.00. The molecule has 0 bridgehead atoms. The molecule has 2 atom stereocenters. The minimum atomic E-state index is -1.85. The van der Waals surface area contributed by atoms with E-state index in [0.29, 0.717) is 33.7 Å².